The van der Waals surface area contributed by atoms with Gasteiger partial charge in [-0.1, -0.05) is 6.07 Å². The van der Waals surface area contributed by atoms with Crippen LogP contribution in [0.2, 0.25) is 0 Å². The monoisotopic (exact) mass is 465 g/mol. The average molecular weight is 466 g/mol. The second-order valence-electron chi connectivity index (χ2n) is 9.07. The van der Waals surface area contributed by atoms with Gasteiger partial charge in [-0.2, -0.15) is 0 Å². The minimum atomic E-state index is -0.752. The molecule has 2 bridgehead atoms. The Kier molecular flexibility index (Phi) is 6.72. The van der Waals surface area contributed by atoms with Gasteiger partial charge in [0.1, 0.15) is 17.6 Å². The number of ether oxygens (including phenoxy) is 1. The minimum Gasteiger partial charge on any atom is -0.496 e. The lowest BCUT2D eigenvalue weighted by molar-refractivity contribution is -0.119. The van der Waals surface area contributed by atoms with Crippen LogP contribution in [0.25, 0.3) is 0 Å². The van der Waals surface area contributed by atoms with Gasteiger partial charge in [-0.05, 0) is 63.8 Å². The fraction of sp³-hybridized carbons (Fsp3) is 0.440. The summed E-state index contributed by atoms with van der Waals surface area (Å²) in [5.74, 6) is 0.469. The van der Waals surface area contributed by atoms with E-state index in [-0.39, 0.29) is 29.9 Å². The molecule has 34 heavy (non-hydrogen) atoms. The summed E-state index contributed by atoms with van der Waals surface area (Å²) in [6, 6.07) is 8.95. The van der Waals surface area contributed by atoms with E-state index in [4.69, 9.17) is 10.5 Å². The van der Waals surface area contributed by atoms with Crippen LogP contribution in [0.15, 0.2) is 36.5 Å². The first-order valence-corrected chi connectivity index (χ1v) is 11.6. The first-order valence-electron chi connectivity index (χ1n) is 11.6. The largest absolute Gasteiger partial charge is 0.496 e. The molecule has 0 aliphatic carbocycles. The number of rotatable bonds is 7. The molecular weight excluding hydrogens is 434 g/mol. The molecule has 4 N–H and O–H groups in total. The number of amides is 3. The quantitative estimate of drug-likeness (QED) is 0.574. The molecule has 2 aliphatic rings. The highest BCUT2D eigenvalue weighted by Crippen LogP contribution is 2.38. The molecule has 9 nitrogen and oxygen atoms in total. The number of nitrogens with zero attached hydrogens (tertiary/aromatic N) is 2. The number of benzene rings is 1. The molecule has 3 heterocycles. The molecule has 1 aromatic carbocycles. The summed E-state index contributed by atoms with van der Waals surface area (Å²) in [4.78, 5) is 43.3. The lowest BCUT2D eigenvalue weighted by Gasteiger charge is -2.40. The van der Waals surface area contributed by atoms with Gasteiger partial charge in [0.15, 0.2) is 0 Å². The second-order valence-corrected chi connectivity index (χ2v) is 9.07. The van der Waals surface area contributed by atoms with Gasteiger partial charge in [0.05, 0.1) is 12.7 Å². The molecule has 0 unspecified atom stereocenters. The maximum atomic E-state index is 12.9. The molecule has 2 fully saturated rings. The second kappa shape index (κ2) is 9.70. The van der Waals surface area contributed by atoms with E-state index in [0.717, 1.165) is 37.1 Å². The third-order valence-electron chi connectivity index (χ3n) is 6.87. The van der Waals surface area contributed by atoms with Crippen molar-refractivity contribution in [2.75, 3.05) is 12.0 Å². The Morgan fingerprint density at radius 2 is 1.82 bits per heavy atom. The Labute approximate surface area is 199 Å². The van der Waals surface area contributed by atoms with Gasteiger partial charge in [0.2, 0.25) is 5.91 Å². The third-order valence-corrected chi connectivity index (χ3v) is 6.87. The fourth-order valence-electron chi connectivity index (χ4n) is 5.04. The van der Waals surface area contributed by atoms with Crippen LogP contribution < -0.4 is 26.0 Å². The van der Waals surface area contributed by atoms with Gasteiger partial charge in [-0.3, -0.25) is 14.4 Å². The number of methoxy groups -OCH3 is 1. The summed E-state index contributed by atoms with van der Waals surface area (Å²) in [5.41, 5.74) is 7.05. The number of hydrogen-bond acceptors (Lipinski definition) is 6. The lowest BCUT2D eigenvalue weighted by Crippen LogP contribution is -2.50. The van der Waals surface area contributed by atoms with Crippen LogP contribution in [0.3, 0.4) is 0 Å². The fourth-order valence-corrected chi connectivity index (χ4v) is 5.04. The van der Waals surface area contributed by atoms with Gasteiger partial charge >= 0.3 is 0 Å². The Bertz CT molecular complexity index is 1070. The molecule has 4 rings (SSSR count). The Balaban J connectivity index is 1.40. The van der Waals surface area contributed by atoms with Crippen LogP contribution in [-0.4, -0.2) is 54.0 Å². The number of hydrogen-bond donors (Lipinski definition) is 3. The topological polar surface area (TPSA) is 127 Å². The van der Waals surface area contributed by atoms with E-state index < -0.39 is 11.9 Å². The molecule has 0 saturated carbocycles. The molecule has 2 saturated heterocycles. The van der Waals surface area contributed by atoms with Crippen molar-refractivity contribution >= 4 is 23.5 Å². The van der Waals surface area contributed by atoms with Crippen LogP contribution in [0.4, 0.5) is 5.82 Å². The maximum absolute atomic E-state index is 12.9. The smallest absolute Gasteiger partial charge is 0.253 e. The van der Waals surface area contributed by atoms with E-state index >= 15 is 0 Å². The van der Waals surface area contributed by atoms with Gasteiger partial charge in [-0.25, -0.2) is 4.98 Å². The summed E-state index contributed by atoms with van der Waals surface area (Å²) < 4.78 is 5.35. The Morgan fingerprint density at radius 3 is 2.41 bits per heavy atom. The van der Waals surface area contributed by atoms with E-state index in [0.29, 0.717) is 16.9 Å². The molecule has 2 aromatic rings. The Morgan fingerprint density at radius 1 is 1.12 bits per heavy atom. The van der Waals surface area contributed by atoms with Crippen molar-refractivity contribution in [2.45, 2.75) is 63.7 Å². The number of aromatic nitrogens is 1. The number of nitrogens with one attached hydrogen (secondary N) is 2. The zero-order chi connectivity index (χ0) is 24.4. The molecule has 180 valence electrons. The van der Waals surface area contributed by atoms with Crippen LogP contribution >= 0.6 is 0 Å². The molecule has 9 heteroatoms. The summed E-state index contributed by atoms with van der Waals surface area (Å²) in [6.07, 6.45) is 5.28. The van der Waals surface area contributed by atoms with E-state index in [9.17, 15) is 14.4 Å². The number of anilines is 1. The van der Waals surface area contributed by atoms with Crippen molar-refractivity contribution in [3.63, 3.8) is 0 Å². The highest BCUT2D eigenvalue weighted by atomic mass is 16.5. The lowest BCUT2D eigenvalue weighted by atomic mass is 9.96. The minimum absolute atomic E-state index is 0.0760. The summed E-state index contributed by atoms with van der Waals surface area (Å²) in [5, 5.41) is 5.78. The highest BCUT2D eigenvalue weighted by molar-refractivity contribution is 5.97. The molecule has 3 amide bonds. The van der Waals surface area contributed by atoms with Gasteiger partial charge in [0, 0.05) is 35.4 Å². The number of primary amides is 1. The van der Waals surface area contributed by atoms with Crippen LogP contribution in [0, 0.1) is 6.92 Å². The number of piperidine rings is 1. The van der Waals surface area contributed by atoms with Crippen molar-refractivity contribution in [1.29, 1.82) is 0 Å². The standard InChI is InChI=1S/C25H31N5O4/c1-14-20(5-4-6-21(14)34-3)25(33)29-17-11-18-8-9-19(12-17)30(18)22-10-7-16(13-27-22)24(32)28-15(2)23(26)31/h4-7,10,13,15,17-19H,8-9,11-12H2,1-3H3,(H2,26,31)(H,28,32)(H,29,33)/t15-,17-,18+,19-/m0/s1. The van der Waals surface area contributed by atoms with E-state index in [1.165, 1.54) is 13.1 Å². The van der Waals surface area contributed by atoms with Crippen molar-refractivity contribution < 1.29 is 19.1 Å². The molecule has 4 atom stereocenters. The first-order chi connectivity index (χ1) is 16.3. The van der Waals surface area contributed by atoms with E-state index in [1.54, 1.807) is 13.2 Å². The number of pyridine rings is 1. The maximum Gasteiger partial charge on any atom is 0.253 e. The van der Waals surface area contributed by atoms with Crippen molar-refractivity contribution in [3.8, 4) is 5.75 Å². The number of nitrogens with two attached hydrogens (primary N) is 1. The highest BCUT2D eigenvalue weighted by Gasteiger charge is 2.42. The molecule has 0 spiro atoms. The van der Waals surface area contributed by atoms with Crippen molar-refractivity contribution in [1.82, 2.24) is 15.6 Å². The predicted molar refractivity (Wildman–Crippen MR) is 128 cm³/mol. The van der Waals surface area contributed by atoms with Gasteiger partial charge in [-0.15, -0.1) is 0 Å². The normalized spacial score (nSPS) is 22.1. The zero-order valence-corrected chi connectivity index (χ0v) is 19.7. The molecule has 1 aromatic heterocycles. The summed E-state index contributed by atoms with van der Waals surface area (Å²) >= 11 is 0. The van der Waals surface area contributed by atoms with Gasteiger partial charge < -0.3 is 26.0 Å². The van der Waals surface area contributed by atoms with Crippen molar-refractivity contribution in [2.24, 2.45) is 5.73 Å². The Hall–Kier alpha value is -3.62. The summed E-state index contributed by atoms with van der Waals surface area (Å²) in [7, 11) is 1.60. The number of fused-ring (bicyclic) bond motifs is 2. The van der Waals surface area contributed by atoms with Crippen molar-refractivity contribution in [3.05, 3.63) is 53.2 Å². The zero-order valence-electron chi connectivity index (χ0n) is 19.7. The van der Waals surface area contributed by atoms with E-state index in [2.05, 4.69) is 20.5 Å². The molecule has 0 radical (unpaired) electrons. The summed E-state index contributed by atoms with van der Waals surface area (Å²) in [6.45, 7) is 3.43. The number of carbonyl (C=O) groups excluding carboxylic acids is 3. The molecule has 2 aliphatic heterocycles. The predicted octanol–water partition coefficient (Wildman–Crippen LogP) is 1.93. The SMILES string of the molecule is COc1cccc(C(=O)N[C@H]2C[C@H]3CC[C@@H](C2)N3c2ccc(C(=O)N[C@@H](C)C(N)=O)cn2)c1C. The van der Waals surface area contributed by atoms with Crippen LogP contribution in [0.5, 0.6) is 5.75 Å². The van der Waals surface area contributed by atoms with Crippen LogP contribution in [0.1, 0.15) is 58.9 Å². The first kappa shape index (κ1) is 23.5. The number of carbonyl (C=O) groups is 3. The van der Waals surface area contributed by atoms with Crippen LogP contribution in [-0.2, 0) is 4.79 Å². The third kappa shape index (κ3) is 4.69. The molecular formula is C25H31N5O4. The van der Waals surface area contributed by atoms with E-state index in [1.807, 2.05) is 31.2 Å². The van der Waals surface area contributed by atoms with Gasteiger partial charge in [0.25, 0.3) is 11.8 Å². The average Bonchev–Trinajstić information content (AvgIpc) is 3.09.